The summed E-state index contributed by atoms with van der Waals surface area (Å²) in [5.74, 6) is -0.0673. The molecule has 4 heteroatoms. The van der Waals surface area contributed by atoms with Gasteiger partial charge in [-0.25, -0.2) is 4.39 Å². The number of nitrogens with one attached hydrogen (secondary N) is 1. The Morgan fingerprint density at radius 3 is 2.71 bits per heavy atom. The average molecular weight is 351 g/mol. The van der Waals surface area contributed by atoms with Crippen LogP contribution in [0.15, 0.2) is 47.1 Å². The van der Waals surface area contributed by atoms with E-state index in [1.165, 1.54) is 0 Å². The van der Waals surface area contributed by atoms with Crippen molar-refractivity contribution in [2.45, 2.75) is 32.2 Å². The topological polar surface area (TPSA) is 24.9 Å². The van der Waals surface area contributed by atoms with Crippen LogP contribution in [0.1, 0.15) is 43.5 Å². The van der Waals surface area contributed by atoms with Gasteiger partial charge in [0.1, 0.15) is 5.82 Å². The Balaban J connectivity index is 2.31. The van der Waals surface area contributed by atoms with E-state index in [0.29, 0.717) is 4.47 Å². The van der Waals surface area contributed by atoms with Gasteiger partial charge in [-0.05, 0) is 58.7 Å². The molecule has 0 spiro atoms. The molecule has 112 valence electrons. The van der Waals surface area contributed by atoms with E-state index in [4.69, 9.17) is 0 Å². The fourth-order valence-corrected chi connectivity index (χ4v) is 2.65. The van der Waals surface area contributed by atoms with Crippen molar-refractivity contribution in [2.24, 2.45) is 0 Å². The van der Waals surface area contributed by atoms with Gasteiger partial charge in [0.15, 0.2) is 0 Å². The molecule has 21 heavy (non-hydrogen) atoms. The lowest BCUT2D eigenvalue weighted by Gasteiger charge is -2.25. The SMILES string of the molecule is CCCNC(c1ccc(Br)c(F)c1)C(C)c1ccccn1. The van der Waals surface area contributed by atoms with Gasteiger partial charge in [-0.1, -0.05) is 26.0 Å². The number of hydrogen-bond acceptors (Lipinski definition) is 2. The van der Waals surface area contributed by atoms with Crippen molar-refractivity contribution in [3.8, 4) is 0 Å². The normalized spacial score (nSPS) is 13.9. The number of pyridine rings is 1. The summed E-state index contributed by atoms with van der Waals surface area (Å²) in [6, 6.07) is 11.3. The summed E-state index contributed by atoms with van der Waals surface area (Å²) in [5.41, 5.74) is 1.96. The molecule has 2 atom stereocenters. The minimum atomic E-state index is -0.232. The zero-order valence-electron chi connectivity index (χ0n) is 12.3. The van der Waals surface area contributed by atoms with Crippen molar-refractivity contribution >= 4 is 15.9 Å². The summed E-state index contributed by atoms with van der Waals surface area (Å²) in [6.45, 7) is 5.13. The predicted molar refractivity (Wildman–Crippen MR) is 87.8 cm³/mol. The van der Waals surface area contributed by atoms with Crippen LogP contribution >= 0.6 is 15.9 Å². The standard InChI is InChI=1S/C17H20BrFN2/c1-3-9-21-17(12(2)16-6-4-5-10-20-16)13-7-8-14(18)15(19)11-13/h4-8,10-12,17,21H,3,9H2,1-2H3. The van der Waals surface area contributed by atoms with Crippen LogP contribution in [0, 0.1) is 5.82 Å². The molecule has 2 aromatic rings. The molecular weight excluding hydrogens is 331 g/mol. The van der Waals surface area contributed by atoms with Crippen LogP contribution in [0.5, 0.6) is 0 Å². The van der Waals surface area contributed by atoms with Crippen molar-refractivity contribution in [3.05, 3.63) is 64.1 Å². The van der Waals surface area contributed by atoms with Crippen molar-refractivity contribution in [1.29, 1.82) is 0 Å². The van der Waals surface area contributed by atoms with E-state index in [-0.39, 0.29) is 17.8 Å². The molecular formula is C17H20BrFN2. The molecule has 0 fully saturated rings. The van der Waals surface area contributed by atoms with E-state index in [1.807, 2.05) is 24.3 Å². The van der Waals surface area contributed by atoms with Gasteiger partial charge in [0.25, 0.3) is 0 Å². The molecule has 2 nitrogen and oxygen atoms in total. The van der Waals surface area contributed by atoms with Gasteiger partial charge in [0.05, 0.1) is 4.47 Å². The fourth-order valence-electron chi connectivity index (χ4n) is 2.41. The number of rotatable bonds is 6. The third-order valence-electron chi connectivity index (χ3n) is 3.57. The van der Waals surface area contributed by atoms with Gasteiger partial charge >= 0.3 is 0 Å². The van der Waals surface area contributed by atoms with Gasteiger partial charge in [0.2, 0.25) is 0 Å². The van der Waals surface area contributed by atoms with Crippen molar-refractivity contribution in [2.75, 3.05) is 6.54 Å². The van der Waals surface area contributed by atoms with Gasteiger partial charge in [-0.3, -0.25) is 4.98 Å². The Bertz CT molecular complexity index is 574. The van der Waals surface area contributed by atoms with Crippen molar-refractivity contribution in [1.82, 2.24) is 10.3 Å². The largest absolute Gasteiger partial charge is 0.309 e. The quantitative estimate of drug-likeness (QED) is 0.807. The van der Waals surface area contributed by atoms with Crippen LogP contribution in [-0.2, 0) is 0 Å². The Hall–Kier alpha value is -1.26. The lowest BCUT2D eigenvalue weighted by atomic mass is 9.91. The lowest BCUT2D eigenvalue weighted by molar-refractivity contribution is 0.457. The predicted octanol–water partition coefficient (Wildman–Crippen LogP) is 4.83. The number of nitrogens with zero attached hydrogens (tertiary/aromatic N) is 1. The van der Waals surface area contributed by atoms with E-state index < -0.39 is 0 Å². The van der Waals surface area contributed by atoms with E-state index in [2.05, 4.69) is 40.1 Å². The summed E-state index contributed by atoms with van der Waals surface area (Å²) >= 11 is 3.21. The third-order valence-corrected chi connectivity index (χ3v) is 4.21. The van der Waals surface area contributed by atoms with Crippen LogP contribution in [0.4, 0.5) is 4.39 Å². The lowest BCUT2D eigenvalue weighted by Crippen LogP contribution is -2.27. The smallest absolute Gasteiger partial charge is 0.137 e. The second-order valence-corrected chi connectivity index (χ2v) is 6.00. The van der Waals surface area contributed by atoms with E-state index in [1.54, 1.807) is 18.3 Å². The Morgan fingerprint density at radius 2 is 2.10 bits per heavy atom. The zero-order chi connectivity index (χ0) is 15.2. The summed E-state index contributed by atoms with van der Waals surface area (Å²) in [6.07, 6.45) is 2.83. The summed E-state index contributed by atoms with van der Waals surface area (Å²) in [7, 11) is 0. The van der Waals surface area contributed by atoms with Crippen LogP contribution in [0.2, 0.25) is 0 Å². The number of aromatic nitrogens is 1. The summed E-state index contributed by atoms with van der Waals surface area (Å²) in [5, 5.41) is 3.51. The molecule has 1 aromatic carbocycles. The number of hydrogen-bond donors (Lipinski definition) is 1. The van der Waals surface area contributed by atoms with Crippen LogP contribution < -0.4 is 5.32 Å². The maximum atomic E-state index is 13.8. The van der Waals surface area contributed by atoms with Gasteiger partial charge in [-0.2, -0.15) is 0 Å². The highest BCUT2D eigenvalue weighted by atomic mass is 79.9. The van der Waals surface area contributed by atoms with Crippen LogP contribution in [0.3, 0.4) is 0 Å². The van der Waals surface area contributed by atoms with E-state index in [0.717, 1.165) is 24.2 Å². The molecule has 1 aromatic heterocycles. The van der Waals surface area contributed by atoms with Gasteiger partial charge < -0.3 is 5.32 Å². The minimum absolute atomic E-state index is 0.0439. The van der Waals surface area contributed by atoms with Gasteiger partial charge in [-0.15, -0.1) is 0 Å². The molecule has 0 saturated carbocycles. The third kappa shape index (κ3) is 4.11. The number of halogens is 2. The first-order valence-electron chi connectivity index (χ1n) is 7.22. The van der Waals surface area contributed by atoms with Crippen molar-refractivity contribution in [3.63, 3.8) is 0 Å². The minimum Gasteiger partial charge on any atom is -0.309 e. The molecule has 0 bridgehead atoms. The molecule has 0 saturated heterocycles. The molecule has 0 aliphatic carbocycles. The van der Waals surface area contributed by atoms with Gasteiger partial charge in [0, 0.05) is 23.9 Å². The average Bonchev–Trinajstić information content (AvgIpc) is 2.51. The van der Waals surface area contributed by atoms with Crippen LogP contribution in [0.25, 0.3) is 0 Å². The molecule has 0 aliphatic heterocycles. The highest BCUT2D eigenvalue weighted by molar-refractivity contribution is 9.10. The van der Waals surface area contributed by atoms with E-state index in [9.17, 15) is 4.39 Å². The fraction of sp³-hybridized carbons (Fsp3) is 0.353. The van der Waals surface area contributed by atoms with E-state index >= 15 is 0 Å². The Labute approximate surface area is 133 Å². The highest BCUT2D eigenvalue weighted by Gasteiger charge is 2.22. The summed E-state index contributed by atoms with van der Waals surface area (Å²) in [4.78, 5) is 4.43. The molecule has 0 radical (unpaired) electrons. The van der Waals surface area contributed by atoms with Crippen LogP contribution in [-0.4, -0.2) is 11.5 Å². The first-order valence-corrected chi connectivity index (χ1v) is 8.02. The first-order chi connectivity index (χ1) is 10.1. The Morgan fingerprint density at radius 1 is 1.29 bits per heavy atom. The Kier molecular flexibility index (Phi) is 5.88. The maximum absolute atomic E-state index is 13.8. The molecule has 2 unspecified atom stereocenters. The number of benzene rings is 1. The molecule has 1 N–H and O–H groups in total. The first kappa shape index (κ1) is 16.1. The molecule has 2 rings (SSSR count). The monoisotopic (exact) mass is 350 g/mol. The molecule has 1 heterocycles. The molecule has 0 amide bonds. The highest BCUT2D eigenvalue weighted by Crippen LogP contribution is 2.31. The van der Waals surface area contributed by atoms with Crippen molar-refractivity contribution < 1.29 is 4.39 Å². The maximum Gasteiger partial charge on any atom is 0.137 e. The second kappa shape index (κ2) is 7.66. The summed E-state index contributed by atoms with van der Waals surface area (Å²) < 4.78 is 14.3. The molecule has 0 aliphatic rings. The zero-order valence-corrected chi connectivity index (χ0v) is 13.9. The second-order valence-electron chi connectivity index (χ2n) is 5.15.